The first-order chi connectivity index (χ1) is 14.9. The molecule has 9 nitrogen and oxygen atoms in total. The molecule has 5 atom stereocenters. The number of hydrogen-bond acceptors (Lipinski definition) is 7. The summed E-state index contributed by atoms with van der Waals surface area (Å²) in [7, 11) is 0. The summed E-state index contributed by atoms with van der Waals surface area (Å²) < 4.78 is 0. The van der Waals surface area contributed by atoms with Crippen LogP contribution in [0.5, 0.6) is 0 Å². The molecule has 0 spiro atoms. The van der Waals surface area contributed by atoms with Crippen molar-refractivity contribution in [2.75, 3.05) is 5.32 Å². The first kappa shape index (κ1) is 19.6. The van der Waals surface area contributed by atoms with Crippen molar-refractivity contribution >= 4 is 39.9 Å². The monoisotopic (exact) mass is 438 g/mol. The second kappa shape index (κ2) is 7.38. The van der Waals surface area contributed by atoms with E-state index in [0.29, 0.717) is 10.7 Å². The highest BCUT2D eigenvalue weighted by Crippen LogP contribution is 2.54. The van der Waals surface area contributed by atoms with E-state index in [2.05, 4.69) is 10.3 Å². The number of carbonyl (C=O) groups excluding carboxylic acids is 3. The SMILES string of the molecule is O=C(CC(c1cccc([N+](=O)[O-])c1)N1C(=O)C2C3C=CC(C3)C2C1=O)Nc1nccs1. The molecule has 31 heavy (non-hydrogen) atoms. The van der Waals surface area contributed by atoms with Gasteiger partial charge in [-0.2, -0.15) is 0 Å². The van der Waals surface area contributed by atoms with E-state index in [1.54, 1.807) is 17.6 Å². The zero-order chi connectivity index (χ0) is 21.7. The van der Waals surface area contributed by atoms with Crippen LogP contribution in [0.25, 0.3) is 0 Å². The number of carbonyl (C=O) groups is 3. The second-order valence-corrected chi connectivity index (χ2v) is 8.90. The Morgan fingerprint density at radius 3 is 2.58 bits per heavy atom. The van der Waals surface area contributed by atoms with Crippen molar-refractivity contribution < 1.29 is 19.3 Å². The van der Waals surface area contributed by atoms with Crippen LogP contribution in [0.4, 0.5) is 10.8 Å². The molecule has 3 aliphatic rings. The standard InChI is InChI=1S/C21H18N4O5S/c26-16(23-21-22-6-7-31-21)10-15(11-2-1-3-14(9-11)25(29)30)24-19(27)17-12-4-5-13(8-12)18(17)20(24)28/h1-7,9,12-13,15,17-18H,8,10H2,(H,22,23,26). The maximum absolute atomic E-state index is 13.3. The van der Waals surface area contributed by atoms with Gasteiger partial charge in [-0.25, -0.2) is 4.98 Å². The molecule has 1 saturated carbocycles. The van der Waals surface area contributed by atoms with Gasteiger partial charge in [-0.3, -0.25) is 29.4 Å². The van der Waals surface area contributed by atoms with Gasteiger partial charge >= 0.3 is 0 Å². The molecular weight excluding hydrogens is 420 g/mol. The number of likely N-dealkylation sites (tertiary alicyclic amines) is 1. The minimum absolute atomic E-state index is 0.0337. The van der Waals surface area contributed by atoms with Crippen LogP contribution in [0.15, 0.2) is 48.0 Å². The number of nitro groups is 1. The van der Waals surface area contributed by atoms with Crippen LogP contribution in [0, 0.1) is 33.8 Å². The number of rotatable bonds is 6. The maximum Gasteiger partial charge on any atom is 0.269 e. The lowest BCUT2D eigenvalue weighted by molar-refractivity contribution is -0.385. The molecule has 1 saturated heterocycles. The van der Waals surface area contributed by atoms with Gasteiger partial charge < -0.3 is 5.32 Å². The van der Waals surface area contributed by atoms with Crippen LogP contribution >= 0.6 is 11.3 Å². The van der Waals surface area contributed by atoms with E-state index in [1.165, 1.54) is 34.4 Å². The minimum Gasteiger partial charge on any atom is -0.302 e. The van der Waals surface area contributed by atoms with Gasteiger partial charge in [0.2, 0.25) is 17.7 Å². The van der Waals surface area contributed by atoms with Crippen molar-refractivity contribution in [2.24, 2.45) is 23.7 Å². The third-order valence-electron chi connectivity index (χ3n) is 6.34. The molecule has 2 bridgehead atoms. The number of nitrogens with one attached hydrogen (secondary N) is 1. The van der Waals surface area contributed by atoms with E-state index in [1.807, 2.05) is 12.2 Å². The number of imide groups is 1. The number of allylic oxidation sites excluding steroid dienone is 2. The van der Waals surface area contributed by atoms with E-state index >= 15 is 0 Å². The molecule has 2 heterocycles. The number of nitro benzene ring substituents is 1. The van der Waals surface area contributed by atoms with Gasteiger partial charge in [0.25, 0.3) is 5.69 Å². The Kier molecular flexibility index (Phi) is 4.66. The van der Waals surface area contributed by atoms with Gasteiger partial charge in [0.05, 0.1) is 29.2 Å². The first-order valence-corrected chi connectivity index (χ1v) is 10.8. The number of nitrogens with zero attached hydrogens (tertiary/aromatic N) is 3. The third-order valence-corrected chi connectivity index (χ3v) is 7.03. The van der Waals surface area contributed by atoms with E-state index in [4.69, 9.17) is 0 Å². The van der Waals surface area contributed by atoms with Crippen LogP contribution < -0.4 is 5.32 Å². The van der Waals surface area contributed by atoms with Gasteiger partial charge in [-0.15, -0.1) is 11.3 Å². The summed E-state index contributed by atoms with van der Waals surface area (Å²) in [5, 5.41) is 16.1. The summed E-state index contributed by atoms with van der Waals surface area (Å²) in [6, 6.07) is 4.84. The fourth-order valence-corrected chi connectivity index (χ4v) is 5.61. The van der Waals surface area contributed by atoms with Crippen molar-refractivity contribution in [1.29, 1.82) is 0 Å². The van der Waals surface area contributed by atoms with E-state index in [9.17, 15) is 24.5 Å². The van der Waals surface area contributed by atoms with E-state index in [-0.39, 0.29) is 35.8 Å². The summed E-state index contributed by atoms with van der Waals surface area (Å²) >= 11 is 1.25. The Hall–Kier alpha value is -3.40. The Morgan fingerprint density at radius 1 is 1.26 bits per heavy atom. The van der Waals surface area contributed by atoms with Gasteiger partial charge in [-0.1, -0.05) is 24.3 Å². The lowest BCUT2D eigenvalue weighted by Gasteiger charge is -2.27. The average molecular weight is 438 g/mol. The van der Waals surface area contributed by atoms with Crippen molar-refractivity contribution in [2.45, 2.75) is 18.9 Å². The van der Waals surface area contributed by atoms with E-state index in [0.717, 1.165) is 6.42 Å². The molecule has 0 radical (unpaired) electrons. The van der Waals surface area contributed by atoms with Crippen molar-refractivity contribution in [3.8, 4) is 0 Å². The lowest BCUT2D eigenvalue weighted by atomic mass is 9.85. The summed E-state index contributed by atoms with van der Waals surface area (Å²) in [5.41, 5.74) is 0.217. The Bertz CT molecular complexity index is 1080. The number of fused-ring (bicyclic) bond motifs is 5. The fraction of sp³-hybridized carbons (Fsp3) is 0.333. The van der Waals surface area contributed by atoms with Crippen molar-refractivity contribution in [1.82, 2.24) is 9.88 Å². The van der Waals surface area contributed by atoms with Gasteiger partial charge in [-0.05, 0) is 23.8 Å². The molecule has 1 N–H and O–H groups in total. The molecule has 2 aromatic rings. The summed E-state index contributed by atoms with van der Waals surface area (Å²) in [6.45, 7) is 0. The molecule has 1 aromatic heterocycles. The number of non-ortho nitro benzene ring substituents is 1. The van der Waals surface area contributed by atoms with Crippen LogP contribution in [0.2, 0.25) is 0 Å². The number of hydrogen-bond donors (Lipinski definition) is 1. The summed E-state index contributed by atoms with van der Waals surface area (Å²) in [4.78, 5) is 55.3. The number of aromatic nitrogens is 1. The van der Waals surface area contributed by atoms with Gasteiger partial charge in [0.15, 0.2) is 5.13 Å². The molecule has 5 unspecified atom stereocenters. The predicted octanol–water partition coefficient (Wildman–Crippen LogP) is 2.93. The Balaban J connectivity index is 1.49. The molecule has 5 rings (SSSR count). The second-order valence-electron chi connectivity index (χ2n) is 8.00. The molecule has 10 heteroatoms. The molecule has 2 aliphatic carbocycles. The highest BCUT2D eigenvalue weighted by molar-refractivity contribution is 7.13. The van der Waals surface area contributed by atoms with E-state index < -0.39 is 28.7 Å². The molecule has 2 fully saturated rings. The number of thiazole rings is 1. The minimum atomic E-state index is -0.926. The Labute approximate surface area is 180 Å². The topological polar surface area (TPSA) is 123 Å². The third kappa shape index (κ3) is 3.23. The number of anilines is 1. The number of amides is 3. The predicted molar refractivity (Wildman–Crippen MR) is 111 cm³/mol. The summed E-state index contributed by atoms with van der Waals surface area (Å²) in [5.74, 6) is -1.78. The molecular formula is C21H18N4O5S. The normalized spacial score (nSPS) is 26.9. The maximum atomic E-state index is 13.3. The van der Waals surface area contributed by atoms with Crippen LogP contribution in [-0.2, 0) is 14.4 Å². The smallest absolute Gasteiger partial charge is 0.269 e. The quantitative estimate of drug-likeness (QED) is 0.320. The van der Waals surface area contributed by atoms with Gasteiger partial charge in [0, 0.05) is 23.7 Å². The van der Waals surface area contributed by atoms with Crippen molar-refractivity contribution in [3.63, 3.8) is 0 Å². The number of benzene rings is 1. The van der Waals surface area contributed by atoms with Crippen molar-refractivity contribution in [3.05, 3.63) is 63.7 Å². The highest BCUT2D eigenvalue weighted by atomic mass is 32.1. The summed E-state index contributed by atoms with van der Waals surface area (Å²) in [6.07, 6.45) is 6.14. The largest absolute Gasteiger partial charge is 0.302 e. The zero-order valence-corrected chi connectivity index (χ0v) is 17.0. The molecule has 3 amide bonds. The lowest BCUT2D eigenvalue weighted by Crippen LogP contribution is -2.38. The molecule has 1 aliphatic heterocycles. The molecule has 158 valence electrons. The van der Waals surface area contributed by atoms with Crippen LogP contribution in [0.1, 0.15) is 24.4 Å². The Morgan fingerprint density at radius 2 is 1.97 bits per heavy atom. The van der Waals surface area contributed by atoms with Gasteiger partial charge in [0.1, 0.15) is 0 Å². The zero-order valence-electron chi connectivity index (χ0n) is 16.2. The molecule has 1 aromatic carbocycles. The van der Waals surface area contributed by atoms with Crippen LogP contribution in [-0.4, -0.2) is 32.5 Å². The average Bonchev–Trinajstić information content (AvgIpc) is 3.53. The van der Waals surface area contributed by atoms with Crippen LogP contribution in [0.3, 0.4) is 0 Å². The highest BCUT2D eigenvalue weighted by Gasteiger charge is 2.60. The fourth-order valence-electron chi connectivity index (χ4n) is 5.07. The first-order valence-electron chi connectivity index (χ1n) is 9.93.